The second-order valence-electron chi connectivity index (χ2n) is 7.97. The quantitative estimate of drug-likeness (QED) is 0.431. The van der Waals surface area contributed by atoms with Gasteiger partial charge in [0.05, 0.1) is 31.1 Å². The molecule has 0 radical (unpaired) electrons. The summed E-state index contributed by atoms with van der Waals surface area (Å²) in [5.41, 5.74) is 1.59. The summed E-state index contributed by atoms with van der Waals surface area (Å²) in [6.07, 6.45) is 3.97. The molecule has 0 saturated carbocycles. The summed E-state index contributed by atoms with van der Waals surface area (Å²) < 4.78 is 12.6. The fourth-order valence-corrected chi connectivity index (χ4v) is 6.07. The number of nitrogens with zero attached hydrogens (tertiary/aromatic N) is 3. The first kappa shape index (κ1) is 23.2. The normalized spacial score (nSPS) is 16.6. The third-order valence-corrected chi connectivity index (χ3v) is 8.00. The zero-order valence-corrected chi connectivity index (χ0v) is 20.2. The van der Waals surface area contributed by atoms with Gasteiger partial charge < -0.3 is 24.3 Å². The topological polar surface area (TPSA) is 99.8 Å². The van der Waals surface area contributed by atoms with Crippen LogP contribution in [-0.2, 0) is 40.7 Å². The van der Waals surface area contributed by atoms with Crippen LogP contribution in [0.4, 0.5) is 5.00 Å². The van der Waals surface area contributed by atoms with Gasteiger partial charge in [-0.2, -0.15) is 0 Å². The van der Waals surface area contributed by atoms with E-state index in [9.17, 15) is 9.59 Å². The van der Waals surface area contributed by atoms with E-state index in [1.54, 1.807) is 6.92 Å². The highest BCUT2D eigenvalue weighted by molar-refractivity contribution is 7.99. The summed E-state index contributed by atoms with van der Waals surface area (Å²) >= 11 is 2.85. The summed E-state index contributed by atoms with van der Waals surface area (Å²) in [6, 6.07) is 0. The van der Waals surface area contributed by atoms with Crippen molar-refractivity contribution in [3.63, 3.8) is 0 Å². The van der Waals surface area contributed by atoms with E-state index in [2.05, 4.69) is 15.5 Å². The van der Waals surface area contributed by atoms with Crippen LogP contribution in [0.5, 0.6) is 0 Å². The molecule has 2 aromatic rings. The second-order valence-corrected chi connectivity index (χ2v) is 10.0. The highest BCUT2D eigenvalue weighted by atomic mass is 32.2. The van der Waals surface area contributed by atoms with Crippen LogP contribution < -0.4 is 10.2 Å². The van der Waals surface area contributed by atoms with E-state index in [1.807, 2.05) is 11.6 Å². The molecule has 2 aromatic heterocycles. The maximum absolute atomic E-state index is 12.7. The van der Waals surface area contributed by atoms with Crippen LogP contribution in [0.15, 0.2) is 5.16 Å². The predicted molar refractivity (Wildman–Crippen MR) is 122 cm³/mol. The Labute approximate surface area is 195 Å². The lowest BCUT2D eigenvalue weighted by molar-refractivity contribution is -0.922. The average Bonchev–Trinajstić information content (AvgIpc) is 3.33. The molecule has 3 heterocycles. The number of esters is 1. The molecule has 0 atom stereocenters. The van der Waals surface area contributed by atoms with Crippen molar-refractivity contribution >= 4 is 40.0 Å². The van der Waals surface area contributed by atoms with Crippen LogP contribution in [0, 0.1) is 0 Å². The van der Waals surface area contributed by atoms with Gasteiger partial charge in [0.1, 0.15) is 24.6 Å². The van der Waals surface area contributed by atoms with Gasteiger partial charge in [-0.15, -0.1) is 21.5 Å². The maximum atomic E-state index is 12.7. The molecule has 1 aliphatic heterocycles. The molecule has 2 N–H and O–H groups in total. The van der Waals surface area contributed by atoms with Crippen molar-refractivity contribution in [1.82, 2.24) is 14.8 Å². The summed E-state index contributed by atoms with van der Waals surface area (Å²) in [7, 11) is 1.93. The smallest absolute Gasteiger partial charge is 0.341 e. The van der Waals surface area contributed by atoms with E-state index >= 15 is 0 Å². The number of ether oxygens (including phenoxy) is 2. The van der Waals surface area contributed by atoms with Gasteiger partial charge in [-0.1, -0.05) is 11.8 Å². The first-order valence-corrected chi connectivity index (χ1v) is 12.9. The maximum Gasteiger partial charge on any atom is 0.341 e. The molecule has 0 aromatic carbocycles. The summed E-state index contributed by atoms with van der Waals surface area (Å²) in [5.74, 6) is 0.586. The third kappa shape index (κ3) is 5.33. The molecule has 32 heavy (non-hydrogen) atoms. The minimum atomic E-state index is -0.349. The van der Waals surface area contributed by atoms with Gasteiger partial charge in [0.25, 0.3) is 0 Å². The number of carbonyl (C=O) groups is 2. The molecule has 174 valence electrons. The van der Waals surface area contributed by atoms with Crippen LogP contribution in [-0.4, -0.2) is 65.3 Å². The standard InChI is InChI=1S/C21H29N5O4S2/c1-3-30-20(28)18-14-6-4-5-7-15(14)32-19(18)22-17(27)13-31-21-24-23-16(25(21)2)12-26-8-10-29-11-9-26/h3-13H2,1-2H3,(H,22,27)/p+1. The van der Waals surface area contributed by atoms with Crippen LogP contribution in [0.1, 0.15) is 46.4 Å². The molecular formula is C21H30N5O4S2+. The van der Waals surface area contributed by atoms with E-state index in [0.717, 1.165) is 69.9 Å². The van der Waals surface area contributed by atoms with Crippen molar-refractivity contribution < 1.29 is 24.0 Å². The van der Waals surface area contributed by atoms with Crippen LogP contribution in [0.2, 0.25) is 0 Å². The molecule has 1 amide bonds. The largest absolute Gasteiger partial charge is 0.462 e. The molecule has 0 spiro atoms. The number of nitrogens with one attached hydrogen (secondary N) is 2. The number of anilines is 1. The van der Waals surface area contributed by atoms with Crippen LogP contribution in [0.3, 0.4) is 0 Å². The van der Waals surface area contributed by atoms with E-state index in [-0.39, 0.29) is 17.6 Å². The highest BCUT2D eigenvalue weighted by Crippen LogP contribution is 2.38. The van der Waals surface area contributed by atoms with Crippen LogP contribution in [0.25, 0.3) is 0 Å². The molecule has 11 heteroatoms. The number of hydrogen-bond donors (Lipinski definition) is 2. The fourth-order valence-electron chi connectivity index (χ4n) is 4.05. The first-order valence-electron chi connectivity index (χ1n) is 11.1. The van der Waals surface area contributed by atoms with Gasteiger partial charge in [-0.05, 0) is 38.2 Å². The van der Waals surface area contributed by atoms with Gasteiger partial charge in [0.2, 0.25) is 5.91 Å². The SMILES string of the molecule is CCOC(=O)c1c(NC(=O)CSc2nnc(C[NH+]3CCOCC3)n2C)sc2c1CCCC2. The molecule has 4 rings (SSSR count). The number of hydrogen-bond acceptors (Lipinski definition) is 8. The molecule has 1 aliphatic carbocycles. The summed E-state index contributed by atoms with van der Waals surface area (Å²) in [6.45, 7) is 6.37. The first-order chi connectivity index (χ1) is 15.6. The zero-order chi connectivity index (χ0) is 22.5. The Morgan fingerprint density at radius 3 is 2.81 bits per heavy atom. The lowest BCUT2D eigenvalue weighted by Crippen LogP contribution is -3.12. The minimum Gasteiger partial charge on any atom is -0.462 e. The average molecular weight is 481 g/mol. The molecule has 1 saturated heterocycles. The Bertz CT molecular complexity index is 968. The molecular weight excluding hydrogens is 450 g/mol. The molecule has 1 fully saturated rings. The highest BCUT2D eigenvalue weighted by Gasteiger charge is 2.27. The van der Waals surface area contributed by atoms with Crippen molar-refractivity contribution in [3.8, 4) is 0 Å². The van der Waals surface area contributed by atoms with Gasteiger partial charge in [-0.25, -0.2) is 4.79 Å². The number of thiophene rings is 1. The summed E-state index contributed by atoms with van der Waals surface area (Å²) in [4.78, 5) is 27.9. The number of fused-ring (bicyclic) bond motifs is 1. The van der Waals surface area contributed by atoms with E-state index < -0.39 is 0 Å². The molecule has 2 aliphatic rings. The van der Waals surface area contributed by atoms with Gasteiger partial charge in [0, 0.05) is 11.9 Å². The summed E-state index contributed by atoms with van der Waals surface area (Å²) in [5, 5.41) is 12.8. The van der Waals surface area contributed by atoms with Gasteiger partial charge in [-0.3, -0.25) is 4.79 Å². The number of thioether (sulfide) groups is 1. The Kier molecular flexibility index (Phi) is 7.82. The van der Waals surface area contributed by atoms with Crippen LogP contribution >= 0.6 is 23.1 Å². The lowest BCUT2D eigenvalue weighted by Gasteiger charge is -2.23. The Hall–Kier alpha value is -1.95. The number of amides is 1. The lowest BCUT2D eigenvalue weighted by atomic mass is 9.95. The van der Waals surface area contributed by atoms with E-state index in [1.165, 1.54) is 32.9 Å². The molecule has 0 bridgehead atoms. The molecule has 9 nitrogen and oxygen atoms in total. The van der Waals surface area contributed by atoms with E-state index in [4.69, 9.17) is 9.47 Å². The number of morpholine rings is 1. The number of aromatic nitrogens is 3. The fraction of sp³-hybridized carbons (Fsp3) is 0.619. The Morgan fingerprint density at radius 2 is 2.03 bits per heavy atom. The molecule has 0 unspecified atom stereocenters. The van der Waals surface area contributed by atoms with Crippen molar-refractivity contribution in [1.29, 1.82) is 0 Å². The predicted octanol–water partition coefficient (Wildman–Crippen LogP) is 1.08. The number of carbonyl (C=O) groups excluding carboxylic acids is 2. The number of aryl methyl sites for hydroxylation is 1. The zero-order valence-electron chi connectivity index (χ0n) is 18.6. The number of quaternary nitrogens is 1. The van der Waals surface area contributed by atoms with E-state index in [0.29, 0.717) is 22.3 Å². The second kappa shape index (κ2) is 10.8. The van der Waals surface area contributed by atoms with Gasteiger partial charge >= 0.3 is 5.97 Å². The van der Waals surface area contributed by atoms with Crippen molar-refractivity contribution in [3.05, 3.63) is 21.8 Å². The van der Waals surface area contributed by atoms with Crippen molar-refractivity contribution in [2.45, 2.75) is 44.3 Å². The van der Waals surface area contributed by atoms with Crippen molar-refractivity contribution in [2.24, 2.45) is 7.05 Å². The van der Waals surface area contributed by atoms with Gasteiger partial charge in [0.15, 0.2) is 11.0 Å². The minimum absolute atomic E-state index is 0.164. The third-order valence-electron chi connectivity index (χ3n) is 5.77. The van der Waals surface area contributed by atoms with Crippen molar-refractivity contribution in [2.75, 3.05) is 44.0 Å². The number of rotatable bonds is 8. The Morgan fingerprint density at radius 1 is 1.25 bits per heavy atom. The Balaban J connectivity index is 1.38. The monoisotopic (exact) mass is 480 g/mol.